The highest BCUT2D eigenvalue weighted by Gasteiger charge is 2.18. The summed E-state index contributed by atoms with van der Waals surface area (Å²) in [5, 5.41) is 0. The zero-order valence-corrected chi connectivity index (χ0v) is 7.71. The van der Waals surface area contributed by atoms with Crippen LogP contribution in [0.1, 0.15) is 26.7 Å². The van der Waals surface area contributed by atoms with Crippen LogP contribution in [0.4, 0.5) is 0 Å². The summed E-state index contributed by atoms with van der Waals surface area (Å²) in [4.78, 5) is 2.54. The summed E-state index contributed by atoms with van der Waals surface area (Å²) in [7, 11) is 0. The molecule has 0 spiro atoms. The molecule has 0 aliphatic carbocycles. The summed E-state index contributed by atoms with van der Waals surface area (Å²) in [6.07, 6.45) is 4.79. The van der Waals surface area contributed by atoms with Gasteiger partial charge in [0.1, 0.15) is 0 Å². The van der Waals surface area contributed by atoms with E-state index in [0.29, 0.717) is 6.04 Å². The number of hydrogen-bond acceptors (Lipinski definition) is 1. The Morgan fingerprint density at radius 1 is 1.55 bits per heavy atom. The van der Waals surface area contributed by atoms with Crippen molar-refractivity contribution in [2.75, 3.05) is 13.1 Å². The zero-order chi connectivity index (χ0) is 8.27. The first kappa shape index (κ1) is 8.79. The van der Waals surface area contributed by atoms with Crippen molar-refractivity contribution in [1.82, 2.24) is 4.90 Å². The average molecular weight is 153 g/mol. The van der Waals surface area contributed by atoms with Crippen molar-refractivity contribution in [2.24, 2.45) is 5.92 Å². The molecule has 1 fully saturated rings. The smallest absolute Gasteiger partial charge is 0.00469 e. The van der Waals surface area contributed by atoms with Crippen LogP contribution in [0, 0.1) is 5.92 Å². The van der Waals surface area contributed by atoms with E-state index < -0.39 is 0 Å². The second kappa shape index (κ2) is 3.91. The van der Waals surface area contributed by atoms with Gasteiger partial charge in [0.2, 0.25) is 0 Å². The Bertz CT molecular complexity index is 129. The lowest BCUT2D eigenvalue weighted by molar-refractivity contribution is 0.158. The van der Waals surface area contributed by atoms with Gasteiger partial charge in [-0.05, 0) is 39.2 Å². The van der Waals surface area contributed by atoms with Crippen molar-refractivity contribution in [3.63, 3.8) is 0 Å². The summed E-state index contributed by atoms with van der Waals surface area (Å²) in [6.45, 7) is 10.9. The lowest BCUT2D eigenvalue weighted by Gasteiger charge is -2.34. The Balaban J connectivity index is 2.39. The predicted octanol–water partition coefficient (Wildman–Crippen LogP) is 2.29. The normalized spacial score (nSPS) is 27.4. The molecule has 0 aromatic heterocycles. The van der Waals surface area contributed by atoms with Gasteiger partial charge >= 0.3 is 0 Å². The minimum Gasteiger partial charge on any atom is -0.300 e. The maximum atomic E-state index is 3.85. The summed E-state index contributed by atoms with van der Waals surface area (Å²) in [6, 6.07) is 0.706. The molecule has 11 heavy (non-hydrogen) atoms. The average Bonchev–Trinajstić information content (AvgIpc) is 2.05. The first-order chi connectivity index (χ1) is 5.24. The molecule has 0 amide bonds. The number of piperidine rings is 1. The lowest BCUT2D eigenvalue weighted by Crippen LogP contribution is -2.39. The predicted molar refractivity (Wildman–Crippen MR) is 49.6 cm³/mol. The maximum absolute atomic E-state index is 3.85. The van der Waals surface area contributed by atoms with E-state index in [1.807, 2.05) is 0 Å². The molecular weight excluding hydrogens is 134 g/mol. The van der Waals surface area contributed by atoms with Crippen LogP contribution in [-0.4, -0.2) is 24.0 Å². The van der Waals surface area contributed by atoms with Crippen LogP contribution in [0.15, 0.2) is 12.7 Å². The number of nitrogens with zero attached hydrogens (tertiary/aromatic N) is 1. The molecule has 1 aliphatic heterocycles. The fourth-order valence-electron chi connectivity index (χ4n) is 1.70. The minimum atomic E-state index is 0.706. The number of hydrogen-bond donors (Lipinski definition) is 0. The molecule has 0 aromatic rings. The molecule has 1 saturated heterocycles. The molecule has 1 heterocycles. The highest BCUT2D eigenvalue weighted by Crippen LogP contribution is 2.18. The topological polar surface area (TPSA) is 3.24 Å². The zero-order valence-electron chi connectivity index (χ0n) is 7.71. The molecule has 64 valence electrons. The molecule has 0 bridgehead atoms. The van der Waals surface area contributed by atoms with Gasteiger partial charge in [-0.3, -0.25) is 0 Å². The van der Waals surface area contributed by atoms with Gasteiger partial charge in [-0.1, -0.05) is 6.08 Å². The van der Waals surface area contributed by atoms with Crippen LogP contribution in [0.2, 0.25) is 0 Å². The lowest BCUT2D eigenvalue weighted by atomic mass is 9.97. The van der Waals surface area contributed by atoms with E-state index in [2.05, 4.69) is 31.4 Å². The summed E-state index contributed by atoms with van der Waals surface area (Å²) < 4.78 is 0. The third kappa shape index (κ3) is 2.33. The highest BCUT2D eigenvalue weighted by molar-refractivity contribution is 4.85. The molecule has 0 aromatic carbocycles. The molecule has 1 nitrogen and oxygen atoms in total. The quantitative estimate of drug-likeness (QED) is 0.550. The van der Waals surface area contributed by atoms with Crippen molar-refractivity contribution in [3.05, 3.63) is 12.7 Å². The first-order valence-electron chi connectivity index (χ1n) is 4.60. The van der Waals surface area contributed by atoms with E-state index in [1.165, 1.54) is 25.9 Å². The van der Waals surface area contributed by atoms with Crippen LogP contribution < -0.4 is 0 Å². The summed E-state index contributed by atoms with van der Waals surface area (Å²) in [5.41, 5.74) is 0. The molecule has 0 N–H and O–H groups in total. The molecule has 1 atom stereocenters. The van der Waals surface area contributed by atoms with E-state index in [-0.39, 0.29) is 0 Å². The molecule has 0 saturated carbocycles. The molecule has 1 unspecified atom stereocenters. The van der Waals surface area contributed by atoms with Crippen LogP contribution >= 0.6 is 0 Å². The molecular formula is C10H19N. The monoisotopic (exact) mass is 153 g/mol. The Kier molecular flexibility index (Phi) is 3.13. The first-order valence-corrected chi connectivity index (χ1v) is 4.60. The van der Waals surface area contributed by atoms with Crippen LogP contribution in [-0.2, 0) is 0 Å². The van der Waals surface area contributed by atoms with Gasteiger partial charge in [-0.2, -0.15) is 0 Å². The summed E-state index contributed by atoms with van der Waals surface area (Å²) >= 11 is 0. The Hall–Kier alpha value is -0.300. The van der Waals surface area contributed by atoms with E-state index in [0.717, 1.165) is 5.92 Å². The number of likely N-dealkylation sites (tertiary alicyclic amines) is 1. The van der Waals surface area contributed by atoms with Crippen LogP contribution in [0.3, 0.4) is 0 Å². The van der Waals surface area contributed by atoms with Crippen molar-refractivity contribution in [1.29, 1.82) is 0 Å². The van der Waals surface area contributed by atoms with Gasteiger partial charge in [0.25, 0.3) is 0 Å². The maximum Gasteiger partial charge on any atom is 0.00469 e. The van der Waals surface area contributed by atoms with Crippen LogP contribution in [0.5, 0.6) is 0 Å². The van der Waals surface area contributed by atoms with Gasteiger partial charge in [0, 0.05) is 12.6 Å². The number of rotatable bonds is 2. The van der Waals surface area contributed by atoms with E-state index in [9.17, 15) is 0 Å². The Labute approximate surface area is 70.1 Å². The summed E-state index contributed by atoms with van der Waals surface area (Å²) in [5.74, 6) is 0.742. The second-order valence-electron chi connectivity index (χ2n) is 3.73. The van der Waals surface area contributed by atoms with Crippen molar-refractivity contribution in [2.45, 2.75) is 32.7 Å². The van der Waals surface area contributed by atoms with Crippen LogP contribution in [0.25, 0.3) is 0 Å². The standard InChI is InChI=1S/C10H19N/c1-4-10-6-5-7-11(8-10)9(2)3/h4,9-10H,1,5-8H2,2-3H3. The fraction of sp³-hybridized carbons (Fsp3) is 0.800. The van der Waals surface area contributed by atoms with Crippen molar-refractivity contribution in [3.8, 4) is 0 Å². The van der Waals surface area contributed by atoms with Crippen molar-refractivity contribution >= 4 is 0 Å². The van der Waals surface area contributed by atoms with E-state index in [4.69, 9.17) is 0 Å². The molecule has 1 heteroatoms. The van der Waals surface area contributed by atoms with Gasteiger partial charge in [-0.15, -0.1) is 6.58 Å². The SMILES string of the molecule is C=CC1CCCN(C(C)C)C1. The molecule has 1 aliphatic rings. The molecule has 0 radical (unpaired) electrons. The van der Waals surface area contributed by atoms with Gasteiger partial charge in [0.05, 0.1) is 0 Å². The molecule has 1 rings (SSSR count). The van der Waals surface area contributed by atoms with Gasteiger partial charge in [-0.25, -0.2) is 0 Å². The van der Waals surface area contributed by atoms with E-state index >= 15 is 0 Å². The Morgan fingerprint density at radius 3 is 2.82 bits per heavy atom. The third-order valence-corrected chi connectivity index (χ3v) is 2.55. The van der Waals surface area contributed by atoms with Gasteiger partial charge < -0.3 is 4.90 Å². The van der Waals surface area contributed by atoms with E-state index in [1.54, 1.807) is 0 Å². The fourth-order valence-corrected chi connectivity index (χ4v) is 1.70. The minimum absolute atomic E-state index is 0.706. The largest absolute Gasteiger partial charge is 0.300 e. The Morgan fingerprint density at radius 2 is 2.27 bits per heavy atom. The second-order valence-corrected chi connectivity index (χ2v) is 3.73. The van der Waals surface area contributed by atoms with Crippen molar-refractivity contribution < 1.29 is 0 Å². The third-order valence-electron chi connectivity index (χ3n) is 2.55. The highest BCUT2D eigenvalue weighted by atomic mass is 15.1. The van der Waals surface area contributed by atoms with Gasteiger partial charge in [0.15, 0.2) is 0 Å².